The average Bonchev–Trinajstić information content (AvgIpc) is 3.30. The molecule has 2 heterocycles. The van der Waals surface area contributed by atoms with E-state index in [0.717, 1.165) is 37.3 Å². The normalized spacial score (nSPS) is 38.4. The van der Waals surface area contributed by atoms with Crippen LogP contribution >= 0.6 is 11.8 Å². The molecule has 2 saturated carbocycles. The number of amides is 2. The minimum absolute atomic E-state index is 0.0205. The molecule has 2 aliphatic heterocycles. The number of piperidine rings is 1. The number of urea groups is 1. The van der Waals surface area contributed by atoms with Gasteiger partial charge in [0.1, 0.15) is 0 Å². The Morgan fingerprint density at radius 1 is 1.03 bits per heavy atom. The van der Waals surface area contributed by atoms with E-state index in [-0.39, 0.29) is 28.0 Å². The molecule has 3 aliphatic carbocycles. The molecule has 5 aliphatic rings. The first-order valence-electron chi connectivity index (χ1n) is 15.5. The second-order valence-electron chi connectivity index (χ2n) is 14.9. The lowest BCUT2D eigenvalue weighted by Gasteiger charge is -2.59. The highest BCUT2D eigenvalue weighted by atomic mass is 32.2. The van der Waals surface area contributed by atoms with E-state index in [1.54, 1.807) is 0 Å². The number of thioether (sulfide) groups is 1. The summed E-state index contributed by atoms with van der Waals surface area (Å²) in [6.07, 6.45) is 12.0. The summed E-state index contributed by atoms with van der Waals surface area (Å²) in [6.45, 7) is 12.4. The van der Waals surface area contributed by atoms with Crippen molar-refractivity contribution in [2.45, 2.75) is 109 Å². The number of hydrogen-bond donors (Lipinski definition) is 1. The van der Waals surface area contributed by atoms with Crippen molar-refractivity contribution in [2.24, 2.45) is 28.6 Å². The van der Waals surface area contributed by atoms with E-state index in [0.29, 0.717) is 35.5 Å². The standard InChI is InChI=1S/C34H48N2O2S/c1-32(2,3)24-10-8-22(9-11-24)23-14-18-39-30(19-23)35-31(38)36-21-26-27-7-6-15-33(27,4)16-13-28(26)34(5)17-12-25(37)20-29(34)36/h8-11,20,23,26-28,30H,6-7,12-19,21H2,1-5H3,(H,35,38)/t23?,26-,27-,28-,30?,33-,34+/m0/s1. The van der Waals surface area contributed by atoms with Gasteiger partial charge in [-0.05, 0) is 96.3 Å². The molecule has 2 amide bonds. The monoisotopic (exact) mass is 548 g/mol. The van der Waals surface area contributed by atoms with Gasteiger partial charge in [0, 0.05) is 30.2 Å². The molecular weight excluding hydrogens is 500 g/mol. The van der Waals surface area contributed by atoms with Crippen molar-refractivity contribution < 1.29 is 9.59 Å². The SMILES string of the molecule is CC(C)(C)c1ccc(C2CCSC(NC(=O)N3C[C@H]4[C@@H]5CCC[C@@]5(C)CC[C@@H]4[C@@]4(C)CCC(=O)C=C34)C2)cc1. The lowest BCUT2D eigenvalue weighted by Crippen LogP contribution is -2.60. The van der Waals surface area contributed by atoms with Crippen molar-refractivity contribution >= 4 is 23.6 Å². The molecule has 1 N–H and O–H groups in total. The maximum Gasteiger partial charge on any atom is 0.322 e. The van der Waals surface area contributed by atoms with Crippen LogP contribution in [0.3, 0.4) is 0 Å². The molecule has 1 aromatic carbocycles. The Balaban J connectivity index is 1.21. The molecule has 0 radical (unpaired) electrons. The van der Waals surface area contributed by atoms with E-state index >= 15 is 0 Å². The van der Waals surface area contributed by atoms with Gasteiger partial charge in [-0.3, -0.25) is 9.69 Å². The van der Waals surface area contributed by atoms with Crippen molar-refractivity contribution in [2.75, 3.05) is 12.3 Å². The third kappa shape index (κ3) is 4.89. The summed E-state index contributed by atoms with van der Waals surface area (Å²) < 4.78 is 0. The van der Waals surface area contributed by atoms with Crippen LogP contribution in [0.25, 0.3) is 0 Å². The fourth-order valence-electron chi connectivity index (χ4n) is 9.16. The van der Waals surface area contributed by atoms with Crippen LogP contribution in [0.5, 0.6) is 0 Å². The van der Waals surface area contributed by atoms with Crippen LogP contribution in [0.15, 0.2) is 36.0 Å². The molecule has 0 aromatic heterocycles. The van der Waals surface area contributed by atoms with E-state index in [1.807, 2.05) is 22.7 Å². The summed E-state index contributed by atoms with van der Waals surface area (Å²) >= 11 is 1.88. The molecule has 2 saturated heterocycles. The first kappa shape index (κ1) is 27.4. The number of rotatable bonds is 2. The van der Waals surface area contributed by atoms with Gasteiger partial charge in [-0.2, -0.15) is 0 Å². The number of hydrogen-bond acceptors (Lipinski definition) is 3. The van der Waals surface area contributed by atoms with Crippen molar-refractivity contribution in [1.29, 1.82) is 0 Å². The maximum atomic E-state index is 14.1. The highest BCUT2D eigenvalue weighted by Gasteiger charge is 2.59. The molecular formula is C34H48N2O2S. The smallest absolute Gasteiger partial charge is 0.322 e. The molecule has 0 spiro atoms. The summed E-state index contributed by atoms with van der Waals surface area (Å²) in [5.74, 6) is 3.54. The van der Waals surface area contributed by atoms with Crippen molar-refractivity contribution in [1.82, 2.24) is 10.2 Å². The van der Waals surface area contributed by atoms with E-state index < -0.39 is 0 Å². The fourth-order valence-corrected chi connectivity index (χ4v) is 10.4. The number of nitrogens with one attached hydrogen (secondary N) is 1. The van der Waals surface area contributed by atoms with Gasteiger partial charge in [0.25, 0.3) is 0 Å². The number of ketones is 1. The van der Waals surface area contributed by atoms with Crippen LogP contribution in [-0.4, -0.2) is 34.4 Å². The predicted octanol–water partition coefficient (Wildman–Crippen LogP) is 8.03. The molecule has 2 unspecified atom stereocenters. The van der Waals surface area contributed by atoms with Crippen LogP contribution in [0.2, 0.25) is 0 Å². The Hall–Kier alpha value is -1.75. The molecule has 4 fully saturated rings. The second kappa shape index (κ2) is 9.96. The summed E-state index contributed by atoms with van der Waals surface area (Å²) in [7, 11) is 0. The fraction of sp³-hybridized carbons (Fsp3) is 0.706. The zero-order chi connectivity index (χ0) is 27.6. The van der Waals surface area contributed by atoms with E-state index in [2.05, 4.69) is 64.2 Å². The third-order valence-corrected chi connectivity index (χ3v) is 12.7. The molecule has 4 nitrogen and oxygen atoms in total. The molecule has 0 bridgehead atoms. The van der Waals surface area contributed by atoms with Crippen LogP contribution in [0, 0.1) is 28.6 Å². The summed E-state index contributed by atoms with van der Waals surface area (Å²) in [4.78, 5) is 28.8. The summed E-state index contributed by atoms with van der Waals surface area (Å²) in [5.41, 5.74) is 4.27. The van der Waals surface area contributed by atoms with Crippen molar-refractivity contribution in [3.8, 4) is 0 Å². The summed E-state index contributed by atoms with van der Waals surface area (Å²) in [5, 5.41) is 3.55. The number of carbonyl (C=O) groups excluding carboxylic acids is 2. The number of benzene rings is 1. The Morgan fingerprint density at radius 3 is 2.54 bits per heavy atom. The van der Waals surface area contributed by atoms with Crippen LogP contribution in [0.1, 0.15) is 109 Å². The quantitative estimate of drug-likeness (QED) is 0.407. The Labute approximate surface area is 240 Å². The van der Waals surface area contributed by atoms with Crippen molar-refractivity contribution in [3.05, 3.63) is 47.2 Å². The first-order chi connectivity index (χ1) is 18.5. The van der Waals surface area contributed by atoms with E-state index in [4.69, 9.17) is 0 Å². The van der Waals surface area contributed by atoms with Gasteiger partial charge in [0.15, 0.2) is 5.78 Å². The number of carbonyl (C=O) groups is 2. The molecule has 5 heteroatoms. The van der Waals surface area contributed by atoms with E-state index in [9.17, 15) is 9.59 Å². The predicted molar refractivity (Wildman–Crippen MR) is 161 cm³/mol. The Kier molecular flexibility index (Phi) is 7.00. The summed E-state index contributed by atoms with van der Waals surface area (Å²) in [6, 6.07) is 9.19. The zero-order valence-corrected chi connectivity index (χ0v) is 25.5. The van der Waals surface area contributed by atoms with Gasteiger partial charge >= 0.3 is 6.03 Å². The number of likely N-dealkylation sites (tertiary alicyclic amines) is 1. The number of nitrogens with zero attached hydrogens (tertiary/aromatic N) is 1. The minimum Gasteiger partial charge on any atom is -0.326 e. The van der Waals surface area contributed by atoms with Crippen LogP contribution < -0.4 is 5.32 Å². The van der Waals surface area contributed by atoms with Gasteiger partial charge in [-0.1, -0.05) is 65.3 Å². The third-order valence-electron chi connectivity index (χ3n) is 11.6. The molecule has 39 heavy (non-hydrogen) atoms. The molecule has 212 valence electrons. The minimum atomic E-state index is -0.0743. The van der Waals surface area contributed by atoms with Gasteiger partial charge in [0.2, 0.25) is 0 Å². The van der Waals surface area contributed by atoms with Gasteiger partial charge < -0.3 is 5.32 Å². The highest BCUT2D eigenvalue weighted by molar-refractivity contribution is 7.99. The zero-order valence-electron chi connectivity index (χ0n) is 24.7. The topological polar surface area (TPSA) is 49.4 Å². The van der Waals surface area contributed by atoms with E-state index in [1.165, 1.54) is 43.2 Å². The van der Waals surface area contributed by atoms with Crippen molar-refractivity contribution in [3.63, 3.8) is 0 Å². The lowest BCUT2D eigenvalue weighted by atomic mass is 9.50. The lowest BCUT2D eigenvalue weighted by molar-refractivity contribution is -0.118. The van der Waals surface area contributed by atoms with Gasteiger partial charge in [-0.25, -0.2) is 4.79 Å². The molecule has 7 atom stereocenters. The number of allylic oxidation sites excluding steroid dienone is 2. The second-order valence-corrected chi connectivity index (χ2v) is 16.2. The van der Waals surface area contributed by atoms with Gasteiger partial charge in [0.05, 0.1) is 5.37 Å². The largest absolute Gasteiger partial charge is 0.326 e. The van der Waals surface area contributed by atoms with Crippen LogP contribution in [-0.2, 0) is 10.2 Å². The maximum absolute atomic E-state index is 14.1. The Morgan fingerprint density at radius 2 is 1.79 bits per heavy atom. The average molecular weight is 549 g/mol. The van der Waals surface area contributed by atoms with Crippen LogP contribution in [0.4, 0.5) is 4.79 Å². The van der Waals surface area contributed by atoms with Gasteiger partial charge in [-0.15, -0.1) is 11.8 Å². The highest BCUT2D eigenvalue weighted by Crippen LogP contribution is 2.64. The molecule has 6 rings (SSSR count). The number of fused-ring (bicyclic) bond motifs is 5. The first-order valence-corrected chi connectivity index (χ1v) is 16.6. The molecule has 1 aromatic rings. The Bertz CT molecular complexity index is 1150.